The molecule has 3 N–H and O–H groups in total. The molecule has 2 rings (SSSR count). The van der Waals surface area contributed by atoms with E-state index < -0.39 is 0 Å². The minimum Gasteiger partial charge on any atom is -0.393 e. The summed E-state index contributed by atoms with van der Waals surface area (Å²) in [4.78, 5) is 4.57. The second-order valence-corrected chi connectivity index (χ2v) is 5.30. The largest absolute Gasteiger partial charge is 0.393 e. The normalized spacial score (nSPS) is 27.8. The summed E-state index contributed by atoms with van der Waals surface area (Å²) < 4.78 is 0. The standard InChI is InChI=1S/C13H25N3O.HI/c1-2-14-13(15-8-10-6-7-10)16-9-11-4-3-5-12(11)17;/h10-12,17H,2-9H2,1H3,(H2,14,15,16);1H. The molecule has 4 nitrogen and oxygen atoms in total. The van der Waals surface area contributed by atoms with Crippen molar-refractivity contribution in [3.63, 3.8) is 0 Å². The average Bonchev–Trinajstić information content (AvgIpc) is 3.06. The molecule has 2 aliphatic carbocycles. The van der Waals surface area contributed by atoms with E-state index >= 15 is 0 Å². The van der Waals surface area contributed by atoms with Crippen LogP contribution in [0.4, 0.5) is 0 Å². The number of aliphatic imine (C=N–C) groups is 1. The van der Waals surface area contributed by atoms with Gasteiger partial charge in [-0.15, -0.1) is 24.0 Å². The lowest BCUT2D eigenvalue weighted by Gasteiger charge is -2.17. The summed E-state index contributed by atoms with van der Waals surface area (Å²) in [6.07, 6.45) is 5.81. The van der Waals surface area contributed by atoms with Gasteiger partial charge in [0.05, 0.1) is 6.10 Å². The molecule has 0 aromatic rings. The van der Waals surface area contributed by atoms with Gasteiger partial charge in [-0.05, 0) is 38.5 Å². The van der Waals surface area contributed by atoms with Gasteiger partial charge in [0.25, 0.3) is 0 Å². The van der Waals surface area contributed by atoms with Crippen molar-refractivity contribution in [2.24, 2.45) is 16.8 Å². The van der Waals surface area contributed by atoms with Gasteiger partial charge in [-0.1, -0.05) is 6.42 Å². The van der Waals surface area contributed by atoms with Crippen LogP contribution >= 0.6 is 24.0 Å². The highest BCUT2D eigenvalue weighted by Gasteiger charge is 2.25. The van der Waals surface area contributed by atoms with E-state index in [0.717, 1.165) is 50.8 Å². The fourth-order valence-electron chi connectivity index (χ4n) is 2.35. The molecule has 0 bridgehead atoms. The van der Waals surface area contributed by atoms with Crippen molar-refractivity contribution < 1.29 is 5.11 Å². The SMILES string of the molecule is CCNC(=NCC1CC1)NCC1CCCC1O.I. The van der Waals surface area contributed by atoms with Crippen molar-refractivity contribution in [2.45, 2.75) is 45.1 Å². The van der Waals surface area contributed by atoms with Crippen LogP contribution in [-0.4, -0.2) is 36.8 Å². The first-order valence-electron chi connectivity index (χ1n) is 7.00. The van der Waals surface area contributed by atoms with Crippen molar-refractivity contribution in [1.29, 1.82) is 0 Å². The average molecular weight is 367 g/mol. The van der Waals surface area contributed by atoms with Gasteiger partial charge in [-0.3, -0.25) is 4.99 Å². The smallest absolute Gasteiger partial charge is 0.191 e. The molecule has 2 aliphatic rings. The Kier molecular flexibility index (Phi) is 7.29. The van der Waals surface area contributed by atoms with Gasteiger partial charge in [0.15, 0.2) is 5.96 Å². The molecule has 5 heteroatoms. The molecule has 2 atom stereocenters. The molecule has 2 fully saturated rings. The fraction of sp³-hybridized carbons (Fsp3) is 0.923. The van der Waals surface area contributed by atoms with Gasteiger partial charge in [-0.25, -0.2) is 0 Å². The summed E-state index contributed by atoms with van der Waals surface area (Å²) >= 11 is 0. The summed E-state index contributed by atoms with van der Waals surface area (Å²) in [5.74, 6) is 2.14. The molecule has 0 heterocycles. The third-order valence-electron chi connectivity index (χ3n) is 3.70. The minimum atomic E-state index is -0.117. The van der Waals surface area contributed by atoms with Crippen LogP contribution in [0.2, 0.25) is 0 Å². The van der Waals surface area contributed by atoms with Crippen molar-refractivity contribution >= 4 is 29.9 Å². The van der Waals surface area contributed by atoms with Crippen molar-refractivity contribution in [2.75, 3.05) is 19.6 Å². The van der Waals surface area contributed by atoms with Crippen molar-refractivity contribution in [3.8, 4) is 0 Å². The maximum atomic E-state index is 9.76. The van der Waals surface area contributed by atoms with Gasteiger partial charge in [0.1, 0.15) is 0 Å². The number of halogens is 1. The molecule has 0 amide bonds. The highest BCUT2D eigenvalue weighted by Crippen LogP contribution is 2.28. The highest BCUT2D eigenvalue weighted by atomic mass is 127. The Balaban J connectivity index is 0.00000162. The van der Waals surface area contributed by atoms with Crippen molar-refractivity contribution in [3.05, 3.63) is 0 Å². The maximum absolute atomic E-state index is 9.76. The third-order valence-corrected chi connectivity index (χ3v) is 3.70. The number of guanidine groups is 1. The molecule has 2 saturated carbocycles. The molecule has 0 aromatic heterocycles. The Morgan fingerprint density at radius 3 is 2.56 bits per heavy atom. The number of nitrogens with one attached hydrogen (secondary N) is 2. The van der Waals surface area contributed by atoms with Crippen molar-refractivity contribution in [1.82, 2.24) is 10.6 Å². The summed E-state index contributed by atoms with van der Waals surface area (Å²) in [5.41, 5.74) is 0. The summed E-state index contributed by atoms with van der Waals surface area (Å²) in [6.45, 7) is 4.77. The van der Waals surface area contributed by atoms with E-state index in [9.17, 15) is 5.11 Å². The van der Waals surface area contributed by atoms with Gasteiger partial charge in [0, 0.05) is 25.6 Å². The first-order chi connectivity index (χ1) is 8.29. The predicted octanol–water partition coefficient (Wildman–Crippen LogP) is 1.73. The number of aliphatic hydroxyl groups excluding tert-OH is 1. The van der Waals surface area contributed by atoms with Crippen LogP contribution in [0.5, 0.6) is 0 Å². The Morgan fingerprint density at radius 2 is 2.00 bits per heavy atom. The molecule has 0 aliphatic heterocycles. The van der Waals surface area contributed by atoms with E-state index in [1.54, 1.807) is 0 Å². The topological polar surface area (TPSA) is 56.7 Å². The fourth-order valence-corrected chi connectivity index (χ4v) is 2.35. The van der Waals surface area contributed by atoms with Crippen LogP contribution in [-0.2, 0) is 0 Å². The number of hydrogen-bond donors (Lipinski definition) is 3. The lowest BCUT2D eigenvalue weighted by Crippen LogP contribution is -2.41. The Bertz CT molecular complexity index is 269. The molecule has 0 radical (unpaired) electrons. The molecular formula is C13H26IN3O. The monoisotopic (exact) mass is 367 g/mol. The highest BCUT2D eigenvalue weighted by molar-refractivity contribution is 14.0. The number of rotatable bonds is 5. The molecule has 106 valence electrons. The minimum absolute atomic E-state index is 0. The lowest BCUT2D eigenvalue weighted by molar-refractivity contribution is 0.134. The quantitative estimate of drug-likeness (QED) is 0.394. The molecule has 2 unspecified atom stereocenters. The zero-order chi connectivity index (χ0) is 12.1. The van der Waals surface area contributed by atoms with Crippen LogP contribution in [0.15, 0.2) is 4.99 Å². The number of hydrogen-bond acceptors (Lipinski definition) is 2. The maximum Gasteiger partial charge on any atom is 0.191 e. The molecule has 0 saturated heterocycles. The van der Waals surface area contributed by atoms with E-state index in [2.05, 4.69) is 22.5 Å². The second kappa shape index (κ2) is 8.19. The van der Waals surface area contributed by atoms with E-state index in [4.69, 9.17) is 0 Å². The van der Waals surface area contributed by atoms with E-state index in [-0.39, 0.29) is 30.1 Å². The van der Waals surface area contributed by atoms with Gasteiger partial charge < -0.3 is 15.7 Å². The van der Waals surface area contributed by atoms with Crippen LogP contribution in [0, 0.1) is 11.8 Å². The van der Waals surface area contributed by atoms with E-state index in [1.165, 1.54) is 12.8 Å². The molecular weight excluding hydrogens is 341 g/mol. The van der Waals surface area contributed by atoms with Gasteiger partial charge in [-0.2, -0.15) is 0 Å². The lowest BCUT2D eigenvalue weighted by atomic mass is 10.1. The second-order valence-electron chi connectivity index (χ2n) is 5.30. The zero-order valence-corrected chi connectivity index (χ0v) is 13.5. The predicted molar refractivity (Wildman–Crippen MR) is 85.5 cm³/mol. The first-order valence-corrected chi connectivity index (χ1v) is 7.00. The van der Waals surface area contributed by atoms with Gasteiger partial charge >= 0.3 is 0 Å². The number of nitrogens with zero attached hydrogens (tertiary/aromatic N) is 1. The zero-order valence-electron chi connectivity index (χ0n) is 11.2. The van der Waals surface area contributed by atoms with Crippen LogP contribution < -0.4 is 10.6 Å². The van der Waals surface area contributed by atoms with Crippen LogP contribution in [0.1, 0.15) is 39.0 Å². The Morgan fingerprint density at radius 1 is 1.22 bits per heavy atom. The third kappa shape index (κ3) is 5.30. The summed E-state index contributed by atoms with van der Waals surface area (Å²) in [6, 6.07) is 0. The summed E-state index contributed by atoms with van der Waals surface area (Å²) in [7, 11) is 0. The first kappa shape index (κ1) is 16.0. The Labute approximate surface area is 127 Å². The number of aliphatic hydroxyl groups is 1. The Hall–Kier alpha value is -0.0400. The molecule has 18 heavy (non-hydrogen) atoms. The van der Waals surface area contributed by atoms with Crippen LogP contribution in [0.25, 0.3) is 0 Å². The molecule has 0 aromatic carbocycles. The molecule has 0 spiro atoms. The van der Waals surface area contributed by atoms with Gasteiger partial charge in [0.2, 0.25) is 0 Å². The van der Waals surface area contributed by atoms with E-state index in [0.29, 0.717) is 5.92 Å². The van der Waals surface area contributed by atoms with E-state index in [1.807, 2.05) is 0 Å². The summed E-state index contributed by atoms with van der Waals surface area (Å²) in [5, 5.41) is 16.4. The van der Waals surface area contributed by atoms with Crippen LogP contribution in [0.3, 0.4) is 0 Å².